The second-order valence-corrected chi connectivity index (χ2v) is 7.22. The summed E-state index contributed by atoms with van der Waals surface area (Å²) in [5.41, 5.74) is 0.396. The summed E-state index contributed by atoms with van der Waals surface area (Å²) in [4.78, 5) is 23.5. The van der Waals surface area contributed by atoms with Gasteiger partial charge in [0.1, 0.15) is 11.6 Å². The van der Waals surface area contributed by atoms with Gasteiger partial charge in [-0.1, -0.05) is 15.9 Å². The van der Waals surface area contributed by atoms with E-state index in [4.69, 9.17) is 9.84 Å². The smallest absolute Gasteiger partial charge is 0.335 e. The predicted octanol–water partition coefficient (Wildman–Crippen LogP) is 3.81. The third-order valence-corrected chi connectivity index (χ3v) is 4.76. The Balaban J connectivity index is 1.76. The molecule has 0 unspecified atom stereocenters. The van der Waals surface area contributed by atoms with Crippen LogP contribution in [0, 0.1) is 11.6 Å². The van der Waals surface area contributed by atoms with E-state index in [0.29, 0.717) is 24.5 Å². The van der Waals surface area contributed by atoms with E-state index in [9.17, 15) is 18.4 Å². The zero-order valence-electron chi connectivity index (χ0n) is 14.6. The number of hydrogen-bond acceptors (Lipinski definition) is 4. The van der Waals surface area contributed by atoms with Crippen LogP contribution in [0.1, 0.15) is 22.3 Å². The van der Waals surface area contributed by atoms with Crippen LogP contribution in [-0.2, 0) is 16.0 Å². The molecule has 148 valence electrons. The zero-order valence-corrected chi connectivity index (χ0v) is 16.2. The fourth-order valence-corrected chi connectivity index (χ4v) is 3.10. The molecule has 1 saturated heterocycles. The van der Waals surface area contributed by atoms with Gasteiger partial charge in [-0.2, -0.15) is 0 Å². The van der Waals surface area contributed by atoms with E-state index in [1.807, 2.05) is 0 Å². The molecule has 1 aliphatic heterocycles. The molecule has 3 N–H and O–H groups in total. The molecule has 28 heavy (non-hydrogen) atoms. The molecule has 3 rings (SSSR count). The monoisotopic (exact) mass is 454 g/mol. The average Bonchev–Trinajstić information content (AvgIpc) is 2.57. The molecular formula is C19H17BrF2N2O4. The number of hydrogen-bond donors (Lipinski definition) is 3. The van der Waals surface area contributed by atoms with Gasteiger partial charge in [-0.15, -0.1) is 0 Å². The van der Waals surface area contributed by atoms with Crippen LogP contribution in [0.4, 0.5) is 20.2 Å². The standard InChI is InChI=1S/C19H17BrF2N2O4/c20-11-6-14(21)13(15(22)7-11)8-18(25)24-16-2-1-10(19(26)27)5-17(16)23-9-12-3-4-28-12/h1-2,5-7,12,23H,3-4,8-9H2,(H,24,25)(H,26,27)/t12-/m0/s1. The lowest BCUT2D eigenvalue weighted by Gasteiger charge is -2.27. The molecule has 0 radical (unpaired) electrons. The molecule has 1 fully saturated rings. The van der Waals surface area contributed by atoms with Gasteiger partial charge in [0, 0.05) is 23.2 Å². The molecule has 6 nitrogen and oxygen atoms in total. The van der Waals surface area contributed by atoms with Gasteiger partial charge in [0.15, 0.2) is 0 Å². The van der Waals surface area contributed by atoms with Crippen LogP contribution in [0.2, 0.25) is 0 Å². The first-order valence-electron chi connectivity index (χ1n) is 8.49. The highest BCUT2D eigenvalue weighted by molar-refractivity contribution is 9.10. The first-order valence-corrected chi connectivity index (χ1v) is 9.29. The second-order valence-electron chi connectivity index (χ2n) is 6.30. The largest absolute Gasteiger partial charge is 0.478 e. The maximum Gasteiger partial charge on any atom is 0.335 e. The Morgan fingerprint density at radius 1 is 1.18 bits per heavy atom. The molecule has 1 aliphatic rings. The Morgan fingerprint density at radius 3 is 2.43 bits per heavy atom. The van der Waals surface area contributed by atoms with Crippen molar-refractivity contribution in [3.05, 3.63) is 57.6 Å². The molecule has 1 amide bonds. The van der Waals surface area contributed by atoms with Gasteiger partial charge in [-0.3, -0.25) is 4.79 Å². The Morgan fingerprint density at radius 2 is 1.86 bits per heavy atom. The van der Waals surface area contributed by atoms with Crippen molar-refractivity contribution in [3.8, 4) is 0 Å². The summed E-state index contributed by atoms with van der Waals surface area (Å²) in [6, 6.07) is 6.32. The molecule has 0 bridgehead atoms. The van der Waals surface area contributed by atoms with Crippen molar-refractivity contribution in [3.63, 3.8) is 0 Å². The number of carbonyl (C=O) groups excluding carboxylic acids is 1. The topological polar surface area (TPSA) is 87.7 Å². The first-order chi connectivity index (χ1) is 13.3. The third kappa shape index (κ3) is 4.85. The van der Waals surface area contributed by atoms with Crippen LogP contribution in [0.15, 0.2) is 34.8 Å². The van der Waals surface area contributed by atoms with Crippen molar-refractivity contribution in [2.45, 2.75) is 18.9 Å². The molecule has 1 heterocycles. The van der Waals surface area contributed by atoms with Gasteiger partial charge in [0.05, 0.1) is 29.5 Å². The Hall–Kier alpha value is -2.52. The van der Waals surface area contributed by atoms with Crippen LogP contribution < -0.4 is 10.6 Å². The number of benzene rings is 2. The highest BCUT2D eigenvalue weighted by Gasteiger charge is 2.20. The lowest BCUT2D eigenvalue weighted by molar-refractivity contribution is -0.115. The summed E-state index contributed by atoms with van der Waals surface area (Å²) >= 11 is 2.99. The SMILES string of the molecule is O=C(Cc1c(F)cc(Br)cc1F)Nc1ccc(C(=O)O)cc1NC[C@@H]1CCO1. The third-order valence-electron chi connectivity index (χ3n) is 4.30. The molecule has 2 aromatic rings. The summed E-state index contributed by atoms with van der Waals surface area (Å²) in [6.07, 6.45) is 0.398. The van der Waals surface area contributed by atoms with Crippen LogP contribution in [0.5, 0.6) is 0 Å². The van der Waals surface area contributed by atoms with Gasteiger partial charge >= 0.3 is 5.97 Å². The molecule has 2 aromatic carbocycles. The molecule has 1 atom stereocenters. The van der Waals surface area contributed by atoms with Gasteiger partial charge < -0.3 is 20.5 Å². The lowest BCUT2D eigenvalue weighted by atomic mass is 10.1. The molecule has 0 spiro atoms. The number of carbonyl (C=O) groups is 2. The average molecular weight is 455 g/mol. The van der Waals surface area contributed by atoms with E-state index in [1.165, 1.54) is 18.2 Å². The summed E-state index contributed by atoms with van der Waals surface area (Å²) in [7, 11) is 0. The van der Waals surface area contributed by atoms with E-state index >= 15 is 0 Å². The minimum Gasteiger partial charge on any atom is -0.478 e. The van der Waals surface area contributed by atoms with Crippen molar-refractivity contribution in [2.24, 2.45) is 0 Å². The van der Waals surface area contributed by atoms with E-state index in [2.05, 4.69) is 26.6 Å². The molecule has 0 aromatic heterocycles. The van der Waals surface area contributed by atoms with Crippen LogP contribution in [0.3, 0.4) is 0 Å². The maximum atomic E-state index is 13.9. The van der Waals surface area contributed by atoms with E-state index in [0.717, 1.165) is 18.6 Å². The summed E-state index contributed by atoms with van der Waals surface area (Å²) in [5.74, 6) is -3.40. The van der Waals surface area contributed by atoms with Crippen molar-refractivity contribution < 1.29 is 28.2 Å². The van der Waals surface area contributed by atoms with Crippen molar-refractivity contribution in [2.75, 3.05) is 23.8 Å². The first kappa shape index (κ1) is 20.2. The minimum absolute atomic E-state index is 0.0167. The fraction of sp³-hybridized carbons (Fsp3) is 0.263. The predicted molar refractivity (Wildman–Crippen MR) is 103 cm³/mol. The lowest BCUT2D eigenvalue weighted by Crippen LogP contribution is -2.33. The number of carboxylic acid groups (broad SMARTS) is 1. The van der Waals surface area contributed by atoms with Gasteiger partial charge in [0.25, 0.3) is 0 Å². The number of halogens is 3. The van der Waals surface area contributed by atoms with Crippen LogP contribution >= 0.6 is 15.9 Å². The minimum atomic E-state index is -1.11. The van der Waals surface area contributed by atoms with Crippen LogP contribution in [0.25, 0.3) is 0 Å². The highest BCUT2D eigenvalue weighted by Crippen LogP contribution is 2.26. The summed E-state index contributed by atoms with van der Waals surface area (Å²) in [6.45, 7) is 1.12. The number of rotatable bonds is 7. The van der Waals surface area contributed by atoms with E-state index in [1.54, 1.807) is 0 Å². The van der Waals surface area contributed by atoms with Gasteiger partial charge in [-0.05, 0) is 36.8 Å². The Labute approximate surface area is 168 Å². The number of amides is 1. The van der Waals surface area contributed by atoms with E-state index in [-0.39, 0.29) is 21.7 Å². The number of aromatic carboxylic acids is 1. The molecule has 0 aliphatic carbocycles. The fourth-order valence-electron chi connectivity index (χ4n) is 2.70. The number of carboxylic acids is 1. The van der Waals surface area contributed by atoms with Crippen molar-refractivity contribution in [1.82, 2.24) is 0 Å². The summed E-state index contributed by atoms with van der Waals surface area (Å²) < 4.78 is 33.4. The molecular weight excluding hydrogens is 438 g/mol. The zero-order chi connectivity index (χ0) is 20.3. The van der Waals surface area contributed by atoms with Gasteiger partial charge in [0.2, 0.25) is 5.91 Å². The number of nitrogens with one attached hydrogen (secondary N) is 2. The highest BCUT2D eigenvalue weighted by atomic mass is 79.9. The second kappa shape index (κ2) is 8.66. The normalized spacial score (nSPS) is 15.6. The number of ether oxygens (including phenoxy) is 1. The van der Waals surface area contributed by atoms with Gasteiger partial charge in [-0.25, -0.2) is 13.6 Å². The van der Waals surface area contributed by atoms with Crippen molar-refractivity contribution >= 4 is 39.2 Å². The number of anilines is 2. The molecule has 9 heteroatoms. The van der Waals surface area contributed by atoms with E-state index < -0.39 is 29.9 Å². The Kier molecular flexibility index (Phi) is 6.25. The van der Waals surface area contributed by atoms with Crippen molar-refractivity contribution in [1.29, 1.82) is 0 Å². The Bertz CT molecular complexity index is 896. The summed E-state index contributed by atoms with van der Waals surface area (Å²) in [5, 5.41) is 14.8. The maximum absolute atomic E-state index is 13.9. The molecule has 0 saturated carbocycles. The van der Waals surface area contributed by atoms with Crippen LogP contribution in [-0.4, -0.2) is 36.2 Å². The quantitative estimate of drug-likeness (QED) is 0.591.